The van der Waals surface area contributed by atoms with Crippen LogP contribution in [0.25, 0.3) is 0 Å². The summed E-state index contributed by atoms with van der Waals surface area (Å²) in [7, 11) is 4.91. The fourth-order valence-corrected chi connectivity index (χ4v) is 3.76. The van der Waals surface area contributed by atoms with Gasteiger partial charge in [-0.3, -0.25) is 24.5 Å². The van der Waals surface area contributed by atoms with Crippen LogP contribution in [0, 0.1) is 0 Å². The largest absolute Gasteiger partial charge is 0.481 e. The first-order valence-electron chi connectivity index (χ1n) is 12.2. The van der Waals surface area contributed by atoms with Gasteiger partial charge in [0.05, 0.1) is 23.5 Å². The second-order valence-corrected chi connectivity index (χ2v) is 10.1. The SMILES string of the molecule is Cn1cc(NC(=O)c2cc(NC(=O)c3cc(NC(=O)OC(C)(C)C)cn3C)cn2C)cc1C(=O)NCCC(=O)O. The maximum absolute atomic E-state index is 12.9. The van der Waals surface area contributed by atoms with Gasteiger partial charge in [0.2, 0.25) is 0 Å². The first-order valence-corrected chi connectivity index (χ1v) is 12.2. The van der Waals surface area contributed by atoms with Crippen molar-refractivity contribution in [3.05, 3.63) is 53.9 Å². The van der Waals surface area contributed by atoms with Crippen molar-refractivity contribution in [3.63, 3.8) is 0 Å². The van der Waals surface area contributed by atoms with Crippen LogP contribution in [0.3, 0.4) is 0 Å². The summed E-state index contributed by atoms with van der Waals surface area (Å²) in [5.74, 6) is -2.44. The van der Waals surface area contributed by atoms with Gasteiger partial charge in [0.15, 0.2) is 0 Å². The number of nitrogens with one attached hydrogen (secondary N) is 4. The molecule has 0 fully saturated rings. The number of aryl methyl sites for hydroxylation is 3. The number of hydrogen-bond acceptors (Lipinski definition) is 6. The number of anilines is 3. The second kappa shape index (κ2) is 11.8. The zero-order chi connectivity index (χ0) is 29.8. The third-order valence-corrected chi connectivity index (χ3v) is 5.50. The monoisotopic (exact) mass is 555 g/mol. The van der Waals surface area contributed by atoms with Crippen LogP contribution in [0.1, 0.15) is 58.7 Å². The minimum absolute atomic E-state index is 0.0246. The highest BCUT2D eigenvalue weighted by Crippen LogP contribution is 2.20. The molecule has 0 saturated heterocycles. The maximum Gasteiger partial charge on any atom is 0.412 e. The van der Waals surface area contributed by atoms with Gasteiger partial charge in [0.25, 0.3) is 17.7 Å². The van der Waals surface area contributed by atoms with Crippen molar-refractivity contribution in [1.29, 1.82) is 0 Å². The molecular weight excluding hydrogens is 522 g/mol. The highest BCUT2D eigenvalue weighted by atomic mass is 16.6. The van der Waals surface area contributed by atoms with Crippen LogP contribution in [-0.4, -0.2) is 60.7 Å². The van der Waals surface area contributed by atoms with Crippen molar-refractivity contribution in [3.8, 4) is 0 Å². The summed E-state index contributed by atoms with van der Waals surface area (Å²) in [6.45, 7) is 5.21. The predicted molar refractivity (Wildman–Crippen MR) is 147 cm³/mol. The number of aliphatic carboxylic acids is 1. The Balaban J connectivity index is 1.64. The summed E-state index contributed by atoms with van der Waals surface area (Å²) in [4.78, 5) is 60.8. The van der Waals surface area contributed by atoms with E-state index in [9.17, 15) is 24.0 Å². The van der Waals surface area contributed by atoms with E-state index in [1.165, 1.54) is 27.3 Å². The molecule has 0 aliphatic carbocycles. The molecule has 5 N–H and O–H groups in total. The molecule has 0 aliphatic rings. The van der Waals surface area contributed by atoms with Crippen molar-refractivity contribution in [2.75, 3.05) is 22.5 Å². The summed E-state index contributed by atoms with van der Waals surface area (Å²) >= 11 is 0. The first kappa shape index (κ1) is 29.5. The molecule has 0 spiro atoms. The van der Waals surface area contributed by atoms with Gasteiger partial charge in [-0.1, -0.05) is 0 Å². The number of carbonyl (C=O) groups excluding carboxylic acids is 4. The molecule has 3 heterocycles. The minimum atomic E-state index is -1.03. The molecule has 3 aromatic rings. The van der Waals surface area contributed by atoms with Crippen molar-refractivity contribution in [2.24, 2.45) is 21.1 Å². The summed E-state index contributed by atoms with van der Waals surface area (Å²) in [5, 5.41) is 19.3. The van der Waals surface area contributed by atoms with Crippen LogP contribution in [-0.2, 0) is 30.7 Å². The molecule has 14 heteroatoms. The average Bonchev–Trinajstić information content (AvgIpc) is 3.48. The Morgan fingerprint density at radius 1 is 0.725 bits per heavy atom. The lowest BCUT2D eigenvalue weighted by molar-refractivity contribution is -0.136. The third-order valence-electron chi connectivity index (χ3n) is 5.50. The number of amides is 4. The highest BCUT2D eigenvalue weighted by molar-refractivity contribution is 6.07. The molecule has 3 aromatic heterocycles. The lowest BCUT2D eigenvalue weighted by atomic mass is 10.2. The summed E-state index contributed by atoms with van der Waals surface area (Å²) in [5.41, 5.74) is 1.18. The normalized spacial score (nSPS) is 11.1. The Morgan fingerprint density at radius 3 is 1.52 bits per heavy atom. The van der Waals surface area contributed by atoms with Gasteiger partial charge in [-0.2, -0.15) is 0 Å². The Morgan fingerprint density at radius 2 is 1.12 bits per heavy atom. The molecule has 0 saturated carbocycles. The third kappa shape index (κ3) is 7.75. The Kier molecular flexibility index (Phi) is 8.72. The smallest absolute Gasteiger partial charge is 0.412 e. The van der Waals surface area contributed by atoms with Gasteiger partial charge in [0, 0.05) is 46.3 Å². The summed E-state index contributed by atoms with van der Waals surface area (Å²) in [6, 6.07) is 4.47. The van der Waals surface area contributed by atoms with Gasteiger partial charge < -0.3 is 39.5 Å². The van der Waals surface area contributed by atoms with Crippen LogP contribution in [0.15, 0.2) is 36.8 Å². The van der Waals surface area contributed by atoms with Crippen molar-refractivity contribution in [1.82, 2.24) is 19.0 Å². The van der Waals surface area contributed by atoms with Crippen LogP contribution >= 0.6 is 0 Å². The fourth-order valence-electron chi connectivity index (χ4n) is 3.76. The number of ether oxygens (including phenoxy) is 1. The number of hydrogen-bond donors (Lipinski definition) is 5. The Bertz CT molecular complexity index is 1460. The van der Waals surface area contributed by atoms with E-state index in [0.717, 1.165) is 0 Å². The number of aromatic nitrogens is 3. The van der Waals surface area contributed by atoms with E-state index in [1.807, 2.05) is 0 Å². The standard InChI is InChI=1S/C26H33N7O7/c1-26(2,3)40-25(39)30-17-11-20(33(6)14-17)24(38)29-16-10-19(32(5)13-16)23(37)28-15-9-18(31(4)12-15)22(36)27-8-7-21(34)35/h9-14H,7-8H2,1-6H3,(H,27,36)(H,28,37)(H,29,38)(H,30,39)(H,34,35). The number of carbonyl (C=O) groups is 5. The van der Waals surface area contributed by atoms with Crippen molar-refractivity contribution in [2.45, 2.75) is 32.8 Å². The molecule has 0 atom stereocenters. The molecular formula is C26H33N7O7. The molecule has 4 amide bonds. The molecule has 0 bridgehead atoms. The van der Waals surface area contributed by atoms with Crippen molar-refractivity contribution < 1.29 is 33.8 Å². The highest BCUT2D eigenvalue weighted by Gasteiger charge is 2.20. The molecule has 40 heavy (non-hydrogen) atoms. The fraction of sp³-hybridized carbons (Fsp3) is 0.346. The van der Waals surface area contributed by atoms with E-state index in [-0.39, 0.29) is 30.0 Å². The molecule has 14 nitrogen and oxygen atoms in total. The number of carboxylic acid groups (broad SMARTS) is 1. The molecule has 0 radical (unpaired) electrons. The van der Waals surface area contributed by atoms with E-state index in [0.29, 0.717) is 17.1 Å². The van der Waals surface area contributed by atoms with Crippen molar-refractivity contribution >= 4 is 46.8 Å². The lowest BCUT2D eigenvalue weighted by Gasteiger charge is -2.19. The number of nitrogens with zero attached hydrogens (tertiary/aromatic N) is 3. The summed E-state index contributed by atoms with van der Waals surface area (Å²) in [6.07, 6.45) is 3.84. The Hall–Kier alpha value is -5.01. The van der Waals surface area contributed by atoms with Gasteiger partial charge in [-0.25, -0.2) is 4.79 Å². The lowest BCUT2D eigenvalue weighted by Crippen LogP contribution is -2.27. The van der Waals surface area contributed by atoms with Gasteiger partial charge in [-0.05, 0) is 39.0 Å². The van der Waals surface area contributed by atoms with E-state index >= 15 is 0 Å². The average molecular weight is 556 g/mol. The van der Waals surface area contributed by atoms with Gasteiger partial charge in [-0.15, -0.1) is 0 Å². The van der Waals surface area contributed by atoms with E-state index in [4.69, 9.17) is 9.84 Å². The maximum atomic E-state index is 12.9. The second-order valence-electron chi connectivity index (χ2n) is 10.1. The molecule has 0 unspecified atom stereocenters. The number of carboxylic acids is 1. The zero-order valence-corrected chi connectivity index (χ0v) is 23.1. The van der Waals surface area contributed by atoms with Crippen LogP contribution in [0.5, 0.6) is 0 Å². The van der Waals surface area contributed by atoms with E-state index in [1.54, 1.807) is 65.1 Å². The zero-order valence-electron chi connectivity index (χ0n) is 23.1. The van der Waals surface area contributed by atoms with E-state index in [2.05, 4.69) is 21.3 Å². The molecule has 0 aromatic carbocycles. The van der Waals surface area contributed by atoms with Crippen LogP contribution < -0.4 is 21.3 Å². The molecule has 0 aliphatic heterocycles. The van der Waals surface area contributed by atoms with Gasteiger partial charge >= 0.3 is 12.1 Å². The Labute approximate surface area is 230 Å². The van der Waals surface area contributed by atoms with Crippen LogP contribution in [0.4, 0.5) is 21.9 Å². The quantitative estimate of drug-likeness (QED) is 0.269. The van der Waals surface area contributed by atoms with E-state index < -0.39 is 35.4 Å². The number of rotatable bonds is 9. The van der Waals surface area contributed by atoms with Crippen LogP contribution in [0.2, 0.25) is 0 Å². The topological polar surface area (TPSA) is 178 Å². The minimum Gasteiger partial charge on any atom is -0.481 e. The predicted octanol–water partition coefficient (Wildman–Crippen LogP) is 2.76. The molecule has 214 valence electrons. The summed E-state index contributed by atoms with van der Waals surface area (Å²) < 4.78 is 9.82. The molecule has 3 rings (SSSR count). The first-order chi connectivity index (χ1) is 18.6. The van der Waals surface area contributed by atoms with Gasteiger partial charge in [0.1, 0.15) is 22.7 Å².